The van der Waals surface area contributed by atoms with Gasteiger partial charge in [-0.1, -0.05) is 0 Å². The van der Waals surface area contributed by atoms with Crippen molar-refractivity contribution in [3.63, 3.8) is 0 Å². The molecule has 104 valence electrons. The number of nitrogens with zero attached hydrogens (tertiary/aromatic N) is 2. The van der Waals surface area contributed by atoms with Crippen molar-refractivity contribution in [2.45, 2.75) is 19.5 Å². The van der Waals surface area contributed by atoms with Crippen LogP contribution in [0.4, 0.5) is 5.69 Å². The van der Waals surface area contributed by atoms with Crippen molar-refractivity contribution in [1.82, 2.24) is 14.8 Å². The number of pyridine rings is 1. The fourth-order valence-electron chi connectivity index (χ4n) is 1.56. The summed E-state index contributed by atoms with van der Waals surface area (Å²) in [6, 6.07) is 2.12. The van der Waals surface area contributed by atoms with Crippen LogP contribution in [0.5, 0.6) is 0 Å². The second-order valence-electron chi connectivity index (χ2n) is 4.45. The molecule has 19 heavy (non-hydrogen) atoms. The molecule has 1 unspecified atom stereocenters. The number of carbonyl (C=O) groups is 2. The Morgan fingerprint density at radius 1 is 1.42 bits per heavy atom. The average molecular weight is 266 g/mol. The Morgan fingerprint density at radius 2 is 2.05 bits per heavy atom. The molecule has 7 nitrogen and oxygen atoms in total. The van der Waals surface area contributed by atoms with Crippen molar-refractivity contribution in [3.05, 3.63) is 28.7 Å². The molecule has 0 bridgehead atoms. The summed E-state index contributed by atoms with van der Waals surface area (Å²) in [6.07, 6.45) is 1.39. The van der Waals surface area contributed by atoms with E-state index in [-0.39, 0.29) is 18.0 Å². The maximum atomic E-state index is 11.7. The Balaban J connectivity index is 2.68. The van der Waals surface area contributed by atoms with E-state index in [2.05, 4.69) is 5.32 Å². The highest BCUT2D eigenvalue weighted by Crippen LogP contribution is 1.96. The molecule has 7 heteroatoms. The van der Waals surface area contributed by atoms with E-state index in [1.165, 1.54) is 27.8 Å². The number of amides is 2. The van der Waals surface area contributed by atoms with Crippen LogP contribution in [0.1, 0.15) is 6.92 Å². The minimum atomic E-state index is -0.640. The molecule has 1 rings (SSSR count). The molecule has 0 saturated heterocycles. The van der Waals surface area contributed by atoms with Gasteiger partial charge in [0.05, 0.1) is 0 Å². The van der Waals surface area contributed by atoms with Crippen molar-refractivity contribution in [2.24, 2.45) is 0 Å². The number of nitrogens with two attached hydrogens (primary N) is 1. The summed E-state index contributed by atoms with van der Waals surface area (Å²) in [5.74, 6) is -0.635. The fourth-order valence-corrected chi connectivity index (χ4v) is 1.56. The molecule has 3 N–H and O–H groups in total. The third-order valence-corrected chi connectivity index (χ3v) is 2.51. The minimum Gasteiger partial charge on any atom is -0.398 e. The zero-order chi connectivity index (χ0) is 14.6. The first-order valence-electron chi connectivity index (χ1n) is 5.77. The highest BCUT2D eigenvalue weighted by Gasteiger charge is 2.17. The lowest BCUT2D eigenvalue weighted by molar-refractivity contribution is -0.134. The van der Waals surface area contributed by atoms with Crippen LogP contribution in [-0.2, 0) is 16.1 Å². The standard InChI is InChI=1S/C12H18N4O3/c1-8(12(19)15(2)3)14-10(17)7-16-6-9(13)4-5-11(16)18/h4-6,8H,7,13H2,1-3H3,(H,14,17). The van der Waals surface area contributed by atoms with Gasteiger partial charge in [-0.2, -0.15) is 0 Å². The van der Waals surface area contributed by atoms with E-state index in [1.807, 2.05) is 0 Å². The van der Waals surface area contributed by atoms with Gasteiger partial charge in [0.15, 0.2) is 0 Å². The molecule has 0 aliphatic heterocycles. The lowest BCUT2D eigenvalue weighted by atomic mass is 10.3. The maximum absolute atomic E-state index is 11.7. The number of rotatable bonds is 4. The molecule has 1 aromatic heterocycles. The molecule has 0 radical (unpaired) electrons. The van der Waals surface area contributed by atoms with E-state index < -0.39 is 11.9 Å². The maximum Gasteiger partial charge on any atom is 0.251 e. The lowest BCUT2D eigenvalue weighted by Gasteiger charge is -2.18. The Kier molecular flexibility index (Phi) is 4.68. The Bertz CT molecular complexity index is 536. The highest BCUT2D eigenvalue weighted by atomic mass is 16.2. The van der Waals surface area contributed by atoms with Gasteiger partial charge in [-0.3, -0.25) is 14.4 Å². The smallest absolute Gasteiger partial charge is 0.251 e. The van der Waals surface area contributed by atoms with Gasteiger partial charge >= 0.3 is 0 Å². The molecule has 1 heterocycles. The minimum absolute atomic E-state index is 0.172. The summed E-state index contributed by atoms with van der Waals surface area (Å²) < 4.78 is 1.19. The van der Waals surface area contributed by atoms with E-state index in [9.17, 15) is 14.4 Å². The van der Waals surface area contributed by atoms with Crippen LogP contribution in [0, 0.1) is 0 Å². The lowest BCUT2D eigenvalue weighted by Crippen LogP contribution is -2.45. The van der Waals surface area contributed by atoms with Crippen molar-refractivity contribution in [3.8, 4) is 0 Å². The van der Waals surface area contributed by atoms with Crippen LogP contribution in [0.25, 0.3) is 0 Å². The van der Waals surface area contributed by atoms with Gasteiger partial charge in [-0.25, -0.2) is 0 Å². The first-order valence-corrected chi connectivity index (χ1v) is 5.77. The van der Waals surface area contributed by atoms with E-state index in [0.717, 1.165) is 0 Å². The van der Waals surface area contributed by atoms with E-state index in [1.54, 1.807) is 21.0 Å². The quantitative estimate of drug-likeness (QED) is 0.732. The predicted molar refractivity (Wildman–Crippen MR) is 71.4 cm³/mol. The summed E-state index contributed by atoms with van der Waals surface area (Å²) in [4.78, 5) is 36.2. The monoisotopic (exact) mass is 266 g/mol. The van der Waals surface area contributed by atoms with Gasteiger partial charge in [0, 0.05) is 32.0 Å². The zero-order valence-corrected chi connectivity index (χ0v) is 11.2. The molecule has 0 saturated carbocycles. The summed E-state index contributed by atoms with van der Waals surface area (Å²) in [7, 11) is 3.21. The fraction of sp³-hybridized carbons (Fsp3) is 0.417. The van der Waals surface area contributed by atoms with E-state index in [4.69, 9.17) is 5.73 Å². The molecular weight excluding hydrogens is 248 g/mol. The molecule has 0 spiro atoms. The highest BCUT2D eigenvalue weighted by molar-refractivity contribution is 5.86. The number of hydrogen-bond acceptors (Lipinski definition) is 4. The summed E-state index contributed by atoms with van der Waals surface area (Å²) in [5, 5.41) is 2.53. The second-order valence-corrected chi connectivity index (χ2v) is 4.45. The van der Waals surface area contributed by atoms with Gasteiger partial charge in [0.1, 0.15) is 12.6 Å². The van der Waals surface area contributed by atoms with Crippen molar-refractivity contribution in [1.29, 1.82) is 0 Å². The summed E-state index contributed by atoms with van der Waals surface area (Å²) >= 11 is 0. The third kappa shape index (κ3) is 4.13. The first kappa shape index (κ1) is 14.7. The second kappa shape index (κ2) is 6.03. The largest absolute Gasteiger partial charge is 0.398 e. The molecule has 0 aliphatic rings. The number of likely N-dealkylation sites (N-methyl/N-ethyl adjacent to an activating group) is 1. The summed E-state index contributed by atoms with van der Waals surface area (Å²) in [6.45, 7) is 1.41. The van der Waals surface area contributed by atoms with Gasteiger partial charge in [0.2, 0.25) is 11.8 Å². The first-order chi connectivity index (χ1) is 8.81. The van der Waals surface area contributed by atoms with Gasteiger partial charge in [-0.05, 0) is 13.0 Å². The third-order valence-electron chi connectivity index (χ3n) is 2.51. The topological polar surface area (TPSA) is 97.4 Å². The van der Waals surface area contributed by atoms with E-state index in [0.29, 0.717) is 5.69 Å². The van der Waals surface area contributed by atoms with Crippen molar-refractivity contribution >= 4 is 17.5 Å². The number of nitrogen functional groups attached to an aromatic ring is 1. The molecule has 0 fully saturated rings. The molecule has 1 atom stereocenters. The molecule has 1 aromatic rings. The van der Waals surface area contributed by atoms with Crippen LogP contribution in [0.15, 0.2) is 23.1 Å². The zero-order valence-electron chi connectivity index (χ0n) is 11.2. The number of nitrogens with one attached hydrogen (secondary N) is 1. The van der Waals surface area contributed by atoms with Crippen LogP contribution >= 0.6 is 0 Å². The molecule has 2 amide bonds. The predicted octanol–water partition coefficient (Wildman–Crippen LogP) is -0.977. The van der Waals surface area contributed by atoms with Gasteiger partial charge < -0.3 is 20.5 Å². The van der Waals surface area contributed by atoms with Crippen molar-refractivity contribution in [2.75, 3.05) is 19.8 Å². The normalized spacial score (nSPS) is 11.7. The Labute approximate surface area is 111 Å². The van der Waals surface area contributed by atoms with Gasteiger partial charge in [-0.15, -0.1) is 0 Å². The van der Waals surface area contributed by atoms with Crippen molar-refractivity contribution < 1.29 is 9.59 Å². The van der Waals surface area contributed by atoms with Gasteiger partial charge in [0.25, 0.3) is 5.56 Å². The number of hydrogen-bond donors (Lipinski definition) is 2. The summed E-state index contributed by atoms with van der Waals surface area (Å²) in [5.41, 5.74) is 5.61. The van der Waals surface area contributed by atoms with Crippen LogP contribution in [-0.4, -0.2) is 41.4 Å². The van der Waals surface area contributed by atoms with Crippen LogP contribution < -0.4 is 16.6 Å². The van der Waals surface area contributed by atoms with Crippen LogP contribution in [0.3, 0.4) is 0 Å². The molecule has 0 aromatic carbocycles. The number of carbonyl (C=O) groups excluding carboxylic acids is 2. The Morgan fingerprint density at radius 3 is 2.63 bits per heavy atom. The number of aromatic nitrogens is 1. The SMILES string of the molecule is CC(NC(=O)Cn1cc(N)ccc1=O)C(=O)N(C)C. The number of anilines is 1. The molecule has 0 aliphatic carbocycles. The van der Waals surface area contributed by atoms with Crippen LogP contribution in [0.2, 0.25) is 0 Å². The Hall–Kier alpha value is -2.31. The average Bonchev–Trinajstić information content (AvgIpc) is 2.32. The molecular formula is C12H18N4O3. The van der Waals surface area contributed by atoms with E-state index >= 15 is 0 Å².